The van der Waals surface area contributed by atoms with Crippen molar-refractivity contribution in [3.63, 3.8) is 0 Å². The molecule has 0 amide bonds. The fourth-order valence-corrected chi connectivity index (χ4v) is 1.69. The minimum atomic E-state index is -0.401. The summed E-state index contributed by atoms with van der Waals surface area (Å²) in [6.07, 6.45) is 1.85. The third kappa shape index (κ3) is 4.97. The van der Waals surface area contributed by atoms with E-state index in [1.54, 1.807) is 12.1 Å². The van der Waals surface area contributed by atoms with Crippen LogP contribution in [0.4, 0.5) is 0 Å². The SMILES string of the molecule is CCN(CCC(=O)OC)Cc1ccc(C(=O)OC)cn1. The van der Waals surface area contributed by atoms with E-state index in [1.165, 1.54) is 20.4 Å². The standard InChI is InChI=1S/C14H20N2O4/c1-4-16(8-7-13(17)19-2)10-12-6-5-11(9-15-12)14(18)20-3/h5-6,9H,4,7-8,10H2,1-3H3. The van der Waals surface area contributed by atoms with Gasteiger partial charge >= 0.3 is 11.9 Å². The molecule has 110 valence electrons. The molecule has 0 aliphatic heterocycles. The second kappa shape index (κ2) is 8.27. The van der Waals surface area contributed by atoms with E-state index in [4.69, 9.17) is 0 Å². The largest absolute Gasteiger partial charge is 0.469 e. The first kappa shape index (κ1) is 16.1. The number of nitrogens with zero attached hydrogens (tertiary/aromatic N) is 2. The molecule has 0 atom stereocenters. The van der Waals surface area contributed by atoms with E-state index >= 15 is 0 Å². The van der Waals surface area contributed by atoms with Crippen molar-refractivity contribution in [2.45, 2.75) is 19.9 Å². The molecule has 0 aliphatic carbocycles. The van der Waals surface area contributed by atoms with Crippen molar-refractivity contribution in [3.8, 4) is 0 Å². The molecule has 1 aromatic rings. The zero-order valence-electron chi connectivity index (χ0n) is 12.1. The van der Waals surface area contributed by atoms with E-state index in [9.17, 15) is 9.59 Å². The van der Waals surface area contributed by atoms with E-state index in [-0.39, 0.29) is 5.97 Å². The van der Waals surface area contributed by atoms with Crippen LogP contribution in [0.1, 0.15) is 29.4 Å². The molecule has 0 saturated heterocycles. The van der Waals surface area contributed by atoms with Gasteiger partial charge in [-0.3, -0.25) is 14.7 Å². The fraction of sp³-hybridized carbons (Fsp3) is 0.500. The molecule has 0 bridgehead atoms. The number of aromatic nitrogens is 1. The molecule has 20 heavy (non-hydrogen) atoms. The predicted octanol–water partition coefficient (Wildman–Crippen LogP) is 1.25. The number of carbonyl (C=O) groups excluding carboxylic acids is 2. The maximum Gasteiger partial charge on any atom is 0.339 e. The van der Waals surface area contributed by atoms with Crippen LogP contribution in [-0.2, 0) is 20.8 Å². The molecule has 0 fully saturated rings. The van der Waals surface area contributed by atoms with Gasteiger partial charge in [-0.25, -0.2) is 4.79 Å². The molecule has 1 rings (SSSR count). The number of esters is 2. The normalized spacial score (nSPS) is 10.4. The molecular formula is C14H20N2O4. The van der Waals surface area contributed by atoms with E-state index in [1.807, 2.05) is 6.92 Å². The van der Waals surface area contributed by atoms with Gasteiger partial charge in [-0.1, -0.05) is 6.92 Å². The summed E-state index contributed by atoms with van der Waals surface area (Å²) in [4.78, 5) is 28.7. The lowest BCUT2D eigenvalue weighted by Gasteiger charge is -2.19. The first-order valence-electron chi connectivity index (χ1n) is 6.43. The van der Waals surface area contributed by atoms with Gasteiger partial charge in [0.25, 0.3) is 0 Å². The molecular weight excluding hydrogens is 260 g/mol. The first-order valence-corrected chi connectivity index (χ1v) is 6.43. The molecule has 0 saturated carbocycles. The Morgan fingerprint density at radius 2 is 2.00 bits per heavy atom. The van der Waals surface area contributed by atoms with Gasteiger partial charge in [-0.2, -0.15) is 0 Å². The lowest BCUT2D eigenvalue weighted by atomic mass is 10.2. The summed E-state index contributed by atoms with van der Waals surface area (Å²) in [7, 11) is 2.72. The summed E-state index contributed by atoms with van der Waals surface area (Å²) in [5, 5.41) is 0. The van der Waals surface area contributed by atoms with Gasteiger partial charge in [0.1, 0.15) is 0 Å². The summed E-state index contributed by atoms with van der Waals surface area (Å²) in [6, 6.07) is 3.47. The number of ether oxygens (including phenoxy) is 2. The molecule has 0 unspecified atom stereocenters. The van der Waals surface area contributed by atoms with Crippen LogP contribution in [0.25, 0.3) is 0 Å². The van der Waals surface area contributed by atoms with Crippen LogP contribution < -0.4 is 0 Å². The van der Waals surface area contributed by atoms with Gasteiger partial charge in [0, 0.05) is 19.3 Å². The Hall–Kier alpha value is -1.95. The molecule has 0 aliphatic rings. The second-order valence-corrected chi connectivity index (χ2v) is 4.22. The van der Waals surface area contributed by atoms with Crippen LogP contribution in [0, 0.1) is 0 Å². The predicted molar refractivity (Wildman–Crippen MR) is 73.2 cm³/mol. The van der Waals surface area contributed by atoms with Crippen LogP contribution in [0.2, 0.25) is 0 Å². The minimum absolute atomic E-state index is 0.225. The van der Waals surface area contributed by atoms with E-state index in [0.29, 0.717) is 25.1 Å². The average molecular weight is 280 g/mol. The summed E-state index contributed by atoms with van der Waals surface area (Å²) in [5.41, 5.74) is 1.26. The van der Waals surface area contributed by atoms with Crippen molar-refractivity contribution in [2.75, 3.05) is 27.3 Å². The zero-order chi connectivity index (χ0) is 15.0. The van der Waals surface area contributed by atoms with Crippen LogP contribution >= 0.6 is 0 Å². The van der Waals surface area contributed by atoms with Crippen LogP contribution in [0.5, 0.6) is 0 Å². The maximum atomic E-state index is 11.3. The van der Waals surface area contributed by atoms with Crippen molar-refractivity contribution in [2.24, 2.45) is 0 Å². The molecule has 1 aromatic heterocycles. The second-order valence-electron chi connectivity index (χ2n) is 4.22. The zero-order valence-corrected chi connectivity index (χ0v) is 12.1. The lowest BCUT2D eigenvalue weighted by Crippen LogP contribution is -2.26. The number of carbonyl (C=O) groups is 2. The highest BCUT2D eigenvalue weighted by Gasteiger charge is 2.10. The highest BCUT2D eigenvalue weighted by atomic mass is 16.5. The Balaban J connectivity index is 2.57. The van der Waals surface area contributed by atoms with Gasteiger partial charge in [-0.15, -0.1) is 0 Å². The Kier molecular flexibility index (Phi) is 6.66. The molecule has 6 nitrogen and oxygen atoms in total. The van der Waals surface area contributed by atoms with Gasteiger partial charge in [0.2, 0.25) is 0 Å². The van der Waals surface area contributed by atoms with Crippen LogP contribution in [0.15, 0.2) is 18.3 Å². The molecule has 0 N–H and O–H groups in total. The topological polar surface area (TPSA) is 68.7 Å². The Bertz CT molecular complexity index is 445. The Morgan fingerprint density at radius 1 is 1.25 bits per heavy atom. The Morgan fingerprint density at radius 3 is 2.50 bits per heavy atom. The van der Waals surface area contributed by atoms with E-state index in [2.05, 4.69) is 19.4 Å². The van der Waals surface area contributed by atoms with Crippen molar-refractivity contribution in [3.05, 3.63) is 29.6 Å². The van der Waals surface area contributed by atoms with Crippen LogP contribution in [0.3, 0.4) is 0 Å². The summed E-state index contributed by atoms with van der Waals surface area (Å²) < 4.78 is 9.23. The number of rotatable bonds is 7. The Labute approximate surface area is 118 Å². The first-order chi connectivity index (χ1) is 9.60. The number of methoxy groups -OCH3 is 2. The molecule has 6 heteroatoms. The van der Waals surface area contributed by atoms with Gasteiger partial charge in [0.15, 0.2) is 0 Å². The lowest BCUT2D eigenvalue weighted by molar-refractivity contribution is -0.141. The third-order valence-corrected chi connectivity index (χ3v) is 2.94. The van der Waals surface area contributed by atoms with Crippen LogP contribution in [-0.4, -0.2) is 49.1 Å². The summed E-state index contributed by atoms with van der Waals surface area (Å²) >= 11 is 0. The average Bonchev–Trinajstić information content (AvgIpc) is 2.50. The van der Waals surface area contributed by atoms with Crippen molar-refractivity contribution >= 4 is 11.9 Å². The molecule has 0 radical (unpaired) electrons. The molecule has 1 heterocycles. The highest BCUT2D eigenvalue weighted by Crippen LogP contribution is 2.06. The highest BCUT2D eigenvalue weighted by molar-refractivity contribution is 5.88. The molecule has 0 spiro atoms. The third-order valence-electron chi connectivity index (χ3n) is 2.94. The summed E-state index contributed by atoms with van der Waals surface area (Å²) in [5.74, 6) is -0.625. The van der Waals surface area contributed by atoms with E-state index < -0.39 is 5.97 Å². The summed E-state index contributed by atoms with van der Waals surface area (Å²) in [6.45, 7) is 4.05. The van der Waals surface area contributed by atoms with E-state index in [0.717, 1.165) is 12.2 Å². The monoisotopic (exact) mass is 280 g/mol. The van der Waals surface area contributed by atoms with Gasteiger partial charge < -0.3 is 9.47 Å². The smallest absolute Gasteiger partial charge is 0.339 e. The van der Waals surface area contributed by atoms with Crippen molar-refractivity contribution < 1.29 is 19.1 Å². The minimum Gasteiger partial charge on any atom is -0.469 e. The van der Waals surface area contributed by atoms with Gasteiger partial charge in [-0.05, 0) is 18.7 Å². The van der Waals surface area contributed by atoms with Crippen molar-refractivity contribution in [1.82, 2.24) is 9.88 Å². The number of hydrogen-bond acceptors (Lipinski definition) is 6. The molecule has 0 aromatic carbocycles. The number of hydrogen-bond donors (Lipinski definition) is 0. The maximum absolute atomic E-state index is 11.3. The quantitative estimate of drug-likeness (QED) is 0.700. The van der Waals surface area contributed by atoms with Crippen molar-refractivity contribution in [1.29, 1.82) is 0 Å². The van der Waals surface area contributed by atoms with Gasteiger partial charge in [0.05, 0.1) is 31.9 Å². The fourth-order valence-electron chi connectivity index (χ4n) is 1.69. The number of pyridine rings is 1.